The molecule has 152 valence electrons. The van der Waals surface area contributed by atoms with Crippen LogP contribution in [0.1, 0.15) is 29.3 Å². The van der Waals surface area contributed by atoms with Gasteiger partial charge in [-0.2, -0.15) is 0 Å². The number of rotatable bonds is 4. The monoisotopic (exact) mass is 480 g/mol. The molecule has 1 aliphatic rings. The molecule has 0 bridgehead atoms. The predicted molar refractivity (Wildman–Crippen MR) is 125 cm³/mol. The normalized spacial score (nSPS) is 15.9. The quantitative estimate of drug-likeness (QED) is 0.382. The molecule has 1 atom stereocenters. The maximum atomic E-state index is 13.0. The van der Waals surface area contributed by atoms with Crippen LogP contribution in [0, 0.1) is 5.92 Å². The molecule has 4 nitrogen and oxygen atoms in total. The third-order valence-corrected chi connectivity index (χ3v) is 7.24. The Labute approximate surface area is 187 Å². The van der Waals surface area contributed by atoms with Gasteiger partial charge in [-0.25, -0.2) is 4.98 Å². The molecule has 2 heterocycles. The van der Waals surface area contributed by atoms with Crippen LogP contribution in [-0.4, -0.2) is 9.97 Å². The van der Waals surface area contributed by atoms with Crippen LogP contribution in [0.4, 0.5) is 0 Å². The molecule has 1 aliphatic carbocycles. The van der Waals surface area contributed by atoms with Crippen molar-refractivity contribution in [3.05, 3.63) is 79.4 Å². The van der Waals surface area contributed by atoms with Crippen molar-refractivity contribution < 1.29 is 4.74 Å². The number of benzene rings is 2. The molecule has 5 rings (SSSR count). The minimum atomic E-state index is -0.0592. The van der Waals surface area contributed by atoms with Crippen LogP contribution < -0.4 is 10.3 Å². The van der Waals surface area contributed by atoms with E-state index in [1.54, 1.807) is 11.3 Å². The third-order valence-electron chi connectivity index (χ3n) is 5.60. The zero-order chi connectivity index (χ0) is 20.7. The first-order valence-corrected chi connectivity index (χ1v) is 11.7. The van der Waals surface area contributed by atoms with Crippen LogP contribution in [-0.2, 0) is 19.4 Å². The zero-order valence-electron chi connectivity index (χ0n) is 16.6. The van der Waals surface area contributed by atoms with Gasteiger partial charge in [0.15, 0.2) is 0 Å². The van der Waals surface area contributed by atoms with Crippen molar-refractivity contribution in [2.75, 3.05) is 0 Å². The summed E-state index contributed by atoms with van der Waals surface area (Å²) in [6, 6.07) is 15.8. The summed E-state index contributed by atoms with van der Waals surface area (Å²) in [5.41, 5.74) is 3.00. The smallest absolute Gasteiger partial charge is 0.260 e. The fraction of sp³-hybridized carbons (Fsp3) is 0.250. The highest BCUT2D eigenvalue weighted by Crippen LogP contribution is 2.37. The van der Waals surface area contributed by atoms with Gasteiger partial charge >= 0.3 is 0 Å². The lowest BCUT2D eigenvalue weighted by Gasteiger charge is -2.17. The molecule has 1 N–H and O–H groups in total. The fourth-order valence-corrected chi connectivity index (χ4v) is 5.77. The minimum Gasteiger partial charge on any atom is -0.488 e. The summed E-state index contributed by atoms with van der Waals surface area (Å²) in [6.07, 6.45) is 3.12. The first-order valence-electron chi connectivity index (χ1n) is 10.1. The summed E-state index contributed by atoms with van der Waals surface area (Å²) in [4.78, 5) is 23.0. The second kappa shape index (κ2) is 8.00. The Bertz CT molecular complexity index is 1280. The molecular weight excluding hydrogens is 460 g/mol. The number of fused-ring (bicyclic) bond motifs is 3. The number of aromatic nitrogens is 2. The minimum absolute atomic E-state index is 0.0592. The van der Waals surface area contributed by atoms with Gasteiger partial charge in [0, 0.05) is 9.35 Å². The van der Waals surface area contributed by atoms with E-state index >= 15 is 0 Å². The Morgan fingerprint density at radius 1 is 1.23 bits per heavy atom. The number of aromatic amines is 1. The molecule has 0 radical (unpaired) electrons. The number of hydrogen-bond donors (Lipinski definition) is 1. The summed E-state index contributed by atoms with van der Waals surface area (Å²) in [5, 5.41) is 0.771. The van der Waals surface area contributed by atoms with Crippen molar-refractivity contribution >= 4 is 37.5 Å². The molecule has 2 aromatic heterocycles. The van der Waals surface area contributed by atoms with E-state index in [9.17, 15) is 4.79 Å². The highest BCUT2D eigenvalue weighted by Gasteiger charge is 2.23. The highest BCUT2D eigenvalue weighted by molar-refractivity contribution is 9.10. The lowest BCUT2D eigenvalue weighted by molar-refractivity contribution is 0.307. The molecule has 1 unspecified atom stereocenters. The van der Waals surface area contributed by atoms with E-state index in [1.165, 1.54) is 10.4 Å². The maximum absolute atomic E-state index is 13.0. The van der Waals surface area contributed by atoms with Gasteiger partial charge in [0.25, 0.3) is 5.56 Å². The van der Waals surface area contributed by atoms with Crippen LogP contribution in [0.5, 0.6) is 5.75 Å². The first kappa shape index (κ1) is 19.5. The Hall–Kier alpha value is -2.44. The molecule has 0 saturated heterocycles. The number of H-pyrrole nitrogens is 1. The van der Waals surface area contributed by atoms with Crippen molar-refractivity contribution in [2.24, 2.45) is 5.92 Å². The lowest BCUT2D eigenvalue weighted by atomic mass is 9.89. The SMILES string of the molecule is CC1CCc2c(sc3nc(-c4cc(Br)ccc4OCc4ccccc4)[nH]c(=O)c23)C1. The van der Waals surface area contributed by atoms with E-state index in [2.05, 4.69) is 27.8 Å². The Balaban J connectivity index is 1.56. The van der Waals surface area contributed by atoms with Crippen LogP contribution >= 0.6 is 27.3 Å². The van der Waals surface area contributed by atoms with E-state index in [4.69, 9.17) is 9.72 Å². The topological polar surface area (TPSA) is 55.0 Å². The first-order chi connectivity index (χ1) is 14.6. The maximum Gasteiger partial charge on any atom is 0.260 e. The van der Waals surface area contributed by atoms with Crippen molar-refractivity contribution in [3.8, 4) is 17.1 Å². The number of nitrogens with zero attached hydrogens (tertiary/aromatic N) is 1. The second-order valence-electron chi connectivity index (χ2n) is 7.86. The molecule has 30 heavy (non-hydrogen) atoms. The number of thiophene rings is 1. The molecule has 2 aromatic carbocycles. The molecule has 6 heteroatoms. The number of ether oxygens (including phenoxy) is 1. The summed E-state index contributed by atoms with van der Waals surface area (Å²) in [7, 11) is 0. The van der Waals surface area contributed by atoms with Crippen molar-refractivity contribution in [1.82, 2.24) is 9.97 Å². The summed E-state index contributed by atoms with van der Waals surface area (Å²) in [6.45, 7) is 2.72. The number of halogens is 1. The molecule has 0 aliphatic heterocycles. The number of nitrogens with one attached hydrogen (secondary N) is 1. The van der Waals surface area contributed by atoms with Gasteiger partial charge in [-0.1, -0.05) is 53.2 Å². The molecule has 4 aromatic rings. The average Bonchev–Trinajstić information content (AvgIpc) is 3.11. The van der Waals surface area contributed by atoms with Crippen LogP contribution in [0.3, 0.4) is 0 Å². The zero-order valence-corrected chi connectivity index (χ0v) is 19.0. The van der Waals surface area contributed by atoms with Crippen molar-refractivity contribution in [2.45, 2.75) is 32.8 Å². The Morgan fingerprint density at radius 2 is 2.07 bits per heavy atom. The summed E-state index contributed by atoms with van der Waals surface area (Å²) < 4.78 is 7.01. The van der Waals surface area contributed by atoms with Gasteiger partial charge < -0.3 is 9.72 Å². The van der Waals surface area contributed by atoms with Gasteiger partial charge in [0.05, 0.1) is 10.9 Å². The van der Waals surface area contributed by atoms with E-state index < -0.39 is 0 Å². The number of aryl methyl sites for hydroxylation is 1. The molecule has 0 spiro atoms. The fourth-order valence-electron chi connectivity index (χ4n) is 4.02. The third kappa shape index (κ3) is 3.70. The summed E-state index contributed by atoms with van der Waals surface area (Å²) in [5.74, 6) is 1.90. The van der Waals surface area contributed by atoms with Crippen molar-refractivity contribution in [3.63, 3.8) is 0 Å². The number of hydrogen-bond acceptors (Lipinski definition) is 4. The standard InChI is InChI=1S/C24H21BrN2O2S/c1-14-7-9-17-20(11-14)30-24-21(17)23(28)26-22(27-24)18-12-16(25)8-10-19(18)29-13-15-5-3-2-4-6-15/h2-6,8,10,12,14H,7,9,11,13H2,1H3,(H,26,27,28). The van der Waals surface area contributed by atoms with Crippen LogP contribution in [0.25, 0.3) is 21.6 Å². The Morgan fingerprint density at radius 3 is 2.90 bits per heavy atom. The van der Waals surface area contributed by atoms with E-state index in [0.717, 1.165) is 45.1 Å². The molecule has 0 saturated carbocycles. The van der Waals surface area contributed by atoms with Crippen molar-refractivity contribution in [1.29, 1.82) is 0 Å². The van der Waals surface area contributed by atoms with Gasteiger partial charge in [0.2, 0.25) is 0 Å². The predicted octanol–water partition coefficient (Wildman–Crippen LogP) is 6.12. The van der Waals surface area contributed by atoms with Gasteiger partial charge in [-0.3, -0.25) is 4.79 Å². The lowest BCUT2D eigenvalue weighted by Crippen LogP contribution is -2.13. The van der Waals surface area contributed by atoms with E-state index in [1.807, 2.05) is 48.5 Å². The molecule has 0 fully saturated rings. The Kier molecular flexibility index (Phi) is 5.21. The van der Waals surface area contributed by atoms with Crippen LogP contribution in [0.2, 0.25) is 0 Å². The molecular formula is C24H21BrN2O2S. The van der Waals surface area contributed by atoms with E-state index in [0.29, 0.717) is 24.1 Å². The van der Waals surface area contributed by atoms with E-state index in [-0.39, 0.29) is 5.56 Å². The van der Waals surface area contributed by atoms with Gasteiger partial charge in [-0.05, 0) is 54.5 Å². The van der Waals surface area contributed by atoms with Gasteiger partial charge in [0.1, 0.15) is 23.0 Å². The van der Waals surface area contributed by atoms with Crippen LogP contribution in [0.15, 0.2) is 57.8 Å². The summed E-state index contributed by atoms with van der Waals surface area (Å²) >= 11 is 5.20. The second-order valence-corrected chi connectivity index (χ2v) is 9.86. The van der Waals surface area contributed by atoms with Gasteiger partial charge in [-0.15, -0.1) is 11.3 Å². The largest absolute Gasteiger partial charge is 0.488 e. The molecule has 0 amide bonds. The highest BCUT2D eigenvalue weighted by atomic mass is 79.9. The average molecular weight is 481 g/mol.